The first-order valence-electron chi connectivity index (χ1n) is 8.93. The van der Waals surface area contributed by atoms with E-state index in [2.05, 4.69) is 30.1 Å². The van der Waals surface area contributed by atoms with Crippen molar-refractivity contribution in [2.24, 2.45) is 11.1 Å². The highest BCUT2D eigenvalue weighted by Gasteiger charge is 2.26. The molecular formula is C20H26N4O2S. The van der Waals surface area contributed by atoms with E-state index >= 15 is 0 Å². The zero-order valence-corrected chi connectivity index (χ0v) is 17.5. The van der Waals surface area contributed by atoms with Crippen LogP contribution in [0, 0.1) is 26.2 Å². The summed E-state index contributed by atoms with van der Waals surface area (Å²) < 4.78 is 5.40. The van der Waals surface area contributed by atoms with Gasteiger partial charge < -0.3 is 15.2 Å². The number of amides is 1. The zero-order chi connectivity index (χ0) is 19.9. The third kappa shape index (κ3) is 3.75. The quantitative estimate of drug-likeness (QED) is 0.718. The van der Waals surface area contributed by atoms with E-state index in [4.69, 9.17) is 10.3 Å². The first-order valence-corrected chi connectivity index (χ1v) is 9.74. The molecular weight excluding hydrogens is 360 g/mol. The molecule has 2 N–H and O–H groups in total. The van der Waals surface area contributed by atoms with Gasteiger partial charge in [-0.25, -0.2) is 4.98 Å². The fourth-order valence-electron chi connectivity index (χ4n) is 3.27. The van der Waals surface area contributed by atoms with Crippen LogP contribution in [0.15, 0.2) is 16.7 Å². The maximum atomic E-state index is 13.3. The lowest BCUT2D eigenvalue weighted by atomic mass is 9.93. The van der Waals surface area contributed by atoms with Crippen LogP contribution in [-0.2, 0) is 0 Å². The topological polar surface area (TPSA) is 85.2 Å². The largest absolute Gasteiger partial charge is 0.341 e. The number of pyridine rings is 1. The molecule has 0 saturated carbocycles. The number of fused-ring (bicyclic) bond motifs is 1. The summed E-state index contributed by atoms with van der Waals surface area (Å²) in [5, 5.41) is 4.70. The van der Waals surface area contributed by atoms with E-state index in [1.54, 1.807) is 23.3 Å². The van der Waals surface area contributed by atoms with Gasteiger partial charge in [0.15, 0.2) is 0 Å². The Morgan fingerprint density at radius 2 is 2.00 bits per heavy atom. The lowest BCUT2D eigenvalue weighted by Crippen LogP contribution is -2.39. The number of rotatable bonds is 5. The first-order chi connectivity index (χ1) is 12.6. The number of aromatic nitrogens is 2. The smallest absolute Gasteiger partial charge is 0.259 e. The van der Waals surface area contributed by atoms with E-state index in [1.165, 1.54) is 4.88 Å². The van der Waals surface area contributed by atoms with Crippen molar-refractivity contribution in [3.63, 3.8) is 0 Å². The molecule has 0 spiro atoms. The van der Waals surface area contributed by atoms with Crippen LogP contribution >= 0.6 is 11.3 Å². The molecule has 1 amide bonds. The van der Waals surface area contributed by atoms with E-state index < -0.39 is 0 Å². The first kappa shape index (κ1) is 19.5. The van der Waals surface area contributed by atoms with Crippen molar-refractivity contribution in [3.05, 3.63) is 33.1 Å². The summed E-state index contributed by atoms with van der Waals surface area (Å²) in [6.07, 6.45) is 0. The van der Waals surface area contributed by atoms with Gasteiger partial charge in [-0.15, -0.1) is 11.3 Å². The Morgan fingerprint density at radius 3 is 2.59 bits per heavy atom. The second kappa shape index (κ2) is 7.05. The van der Waals surface area contributed by atoms with Crippen LogP contribution in [0.5, 0.6) is 0 Å². The number of thiophene rings is 1. The summed E-state index contributed by atoms with van der Waals surface area (Å²) >= 11 is 1.71. The molecule has 0 saturated heterocycles. The molecule has 0 atom stereocenters. The van der Waals surface area contributed by atoms with Crippen molar-refractivity contribution >= 4 is 28.3 Å². The second-order valence-electron chi connectivity index (χ2n) is 7.86. The van der Waals surface area contributed by atoms with Gasteiger partial charge in [-0.1, -0.05) is 19.0 Å². The van der Waals surface area contributed by atoms with Crippen molar-refractivity contribution in [2.75, 3.05) is 20.1 Å². The van der Waals surface area contributed by atoms with E-state index in [-0.39, 0.29) is 11.3 Å². The molecule has 7 heteroatoms. The number of hydrogen-bond acceptors (Lipinski definition) is 6. The molecule has 6 nitrogen and oxygen atoms in total. The van der Waals surface area contributed by atoms with Crippen molar-refractivity contribution in [3.8, 4) is 11.3 Å². The standard InChI is InChI=1S/C20H26N4O2S/c1-11-7-14(13(3)27-11)16-8-15(17-12(2)23-26-18(17)22-16)19(25)24(6)10-20(4,5)9-21/h7-8H,9-10,21H2,1-6H3. The molecule has 27 heavy (non-hydrogen) atoms. The lowest BCUT2D eigenvalue weighted by Gasteiger charge is -2.29. The average Bonchev–Trinajstić information content (AvgIpc) is 3.15. The number of carbonyl (C=O) groups excluding carboxylic acids is 1. The van der Waals surface area contributed by atoms with Gasteiger partial charge in [0.05, 0.1) is 22.3 Å². The molecule has 0 aliphatic carbocycles. The van der Waals surface area contributed by atoms with Crippen LogP contribution in [0.1, 0.15) is 39.7 Å². The SMILES string of the molecule is Cc1cc(-c2cc(C(=O)N(C)CC(C)(C)CN)c3c(C)noc3n2)c(C)s1. The van der Waals surface area contributed by atoms with Gasteiger partial charge in [0.25, 0.3) is 11.6 Å². The van der Waals surface area contributed by atoms with Crippen LogP contribution in [0.3, 0.4) is 0 Å². The highest BCUT2D eigenvalue weighted by atomic mass is 32.1. The van der Waals surface area contributed by atoms with Gasteiger partial charge >= 0.3 is 0 Å². The Balaban J connectivity index is 2.12. The van der Waals surface area contributed by atoms with Crippen molar-refractivity contribution in [1.82, 2.24) is 15.0 Å². The Labute approximate surface area is 163 Å². The fraction of sp³-hybridized carbons (Fsp3) is 0.450. The van der Waals surface area contributed by atoms with Crippen LogP contribution in [0.4, 0.5) is 0 Å². The van der Waals surface area contributed by atoms with Crippen LogP contribution in [-0.4, -0.2) is 41.1 Å². The summed E-state index contributed by atoms with van der Waals surface area (Å²) in [5.74, 6) is -0.0823. The normalized spacial score (nSPS) is 12.0. The second-order valence-corrected chi connectivity index (χ2v) is 9.32. The van der Waals surface area contributed by atoms with E-state index in [0.717, 1.165) is 16.1 Å². The Morgan fingerprint density at radius 1 is 1.30 bits per heavy atom. The maximum absolute atomic E-state index is 13.3. The van der Waals surface area contributed by atoms with Gasteiger partial charge in [0.1, 0.15) is 0 Å². The average molecular weight is 387 g/mol. The predicted molar refractivity (Wildman–Crippen MR) is 109 cm³/mol. The highest BCUT2D eigenvalue weighted by Crippen LogP contribution is 2.33. The van der Waals surface area contributed by atoms with Crippen LogP contribution in [0.2, 0.25) is 0 Å². The molecule has 0 bridgehead atoms. The molecule has 3 heterocycles. The Hall–Kier alpha value is -2.25. The zero-order valence-electron chi connectivity index (χ0n) is 16.7. The molecule has 0 unspecified atom stereocenters. The lowest BCUT2D eigenvalue weighted by molar-refractivity contribution is 0.0742. The van der Waals surface area contributed by atoms with Gasteiger partial charge in [-0.3, -0.25) is 4.79 Å². The minimum absolute atomic E-state index is 0.0823. The van der Waals surface area contributed by atoms with E-state index in [1.807, 2.05) is 26.8 Å². The summed E-state index contributed by atoms with van der Waals surface area (Å²) in [6.45, 7) is 11.1. The van der Waals surface area contributed by atoms with Gasteiger partial charge in [-0.2, -0.15) is 0 Å². The number of carbonyl (C=O) groups is 1. The molecule has 0 fully saturated rings. The number of hydrogen-bond donors (Lipinski definition) is 1. The van der Waals surface area contributed by atoms with Crippen molar-refractivity contribution < 1.29 is 9.32 Å². The van der Waals surface area contributed by atoms with E-state index in [0.29, 0.717) is 35.4 Å². The summed E-state index contributed by atoms with van der Waals surface area (Å²) in [5.41, 5.74) is 9.05. The summed E-state index contributed by atoms with van der Waals surface area (Å²) in [7, 11) is 1.80. The van der Waals surface area contributed by atoms with Crippen LogP contribution < -0.4 is 5.73 Å². The Bertz CT molecular complexity index is 1000. The minimum Gasteiger partial charge on any atom is -0.341 e. The molecule has 0 aromatic carbocycles. The molecule has 0 aliphatic heterocycles. The molecule has 3 aromatic heterocycles. The molecule has 0 aliphatic rings. The summed E-state index contributed by atoms with van der Waals surface area (Å²) in [6, 6.07) is 3.95. The molecule has 0 radical (unpaired) electrons. The predicted octanol–water partition coefficient (Wildman–Crippen LogP) is 3.93. The number of aryl methyl sites for hydroxylation is 3. The molecule has 3 aromatic rings. The summed E-state index contributed by atoms with van der Waals surface area (Å²) in [4.78, 5) is 22.0. The monoisotopic (exact) mass is 386 g/mol. The third-order valence-electron chi connectivity index (χ3n) is 4.73. The van der Waals surface area contributed by atoms with Crippen molar-refractivity contribution in [2.45, 2.75) is 34.6 Å². The van der Waals surface area contributed by atoms with Gasteiger partial charge in [-0.05, 0) is 44.9 Å². The highest BCUT2D eigenvalue weighted by molar-refractivity contribution is 7.12. The van der Waals surface area contributed by atoms with Crippen LogP contribution in [0.25, 0.3) is 22.4 Å². The Kier molecular flexibility index (Phi) is 5.10. The number of nitrogens with two attached hydrogens (primary N) is 1. The third-order valence-corrected chi connectivity index (χ3v) is 5.69. The number of nitrogens with zero attached hydrogens (tertiary/aromatic N) is 3. The maximum Gasteiger partial charge on any atom is 0.259 e. The minimum atomic E-state index is -0.163. The fourth-order valence-corrected chi connectivity index (χ4v) is 4.20. The molecule has 144 valence electrons. The molecule has 3 rings (SSSR count). The van der Waals surface area contributed by atoms with Gasteiger partial charge in [0, 0.05) is 28.9 Å². The van der Waals surface area contributed by atoms with Crippen molar-refractivity contribution in [1.29, 1.82) is 0 Å². The van der Waals surface area contributed by atoms with E-state index in [9.17, 15) is 4.79 Å². The van der Waals surface area contributed by atoms with Gasteiger partial charge in [0.2, 0.25) is 0 Å².